The second kappa shape index (κ2) is 3.91. The first-order chi connectivity index (χ1) is 6.50. The predicted octanol–water partition coefficient (Wildman–Crippen LogP) is 1.01. The molecule has 6 heteroatoms. The molecule has 0 aliphatic rings. The molecule has 1 rings (SSSR count). The Kier molecular flexibility index (Phi) is 2.85. The van der Waals surface area contributed by atoms with Gasteiger partial charge in [-0.15, -0.1) is 0 Å². The lowest BCUT2D eigenvalue weighted by Crippen LogP contribution is -2.10. The van der Waals surface area contributed by atoms with Crippen molar-refractivity contribution in [1.29, 1.82) is 0 Å². The van der Waals surface area contributed by atoms with Crippen LogP contribution in [-0.2, 0) is 4.79 Å². The Morgan fingerprint density at radius 2 is 2.07 bits per heavy atom. The molecule has 0 aliphatic carbocycles. The van der Waals surface area contributed by atoms with E-state index in [9.17, 15) is 13.6 Å². The van der Waals surface area contributed by atoms with Gasteiger partial charge in [0, 0.05) is 12.1 Å². The van der Waals surface area contributed by atoms with Crippen LogP contribution in [0.3, 0.4) is 0 Å². The fourth-order valence-electron chi connectivity index (χ4n) is 0.794. The molecule has 0 radical (unpaired) electrons. The van der Waals surface area contributed by atoms with Gasteiger partial charge in [-0.1, -0.05) is 0 Å². The van der Waals surface area contributed by atoms with Gasteiger partial charge < -0.3 is 15.6 Å². The SMILES string of the molecule is Nc1cc(F)c(OCC(=O)O)cc1F. The van der Waals surface area contributed by atoms with E-state index in [1.165, 1.54) is 0 Å². The van der Waals surface area contributed by atoms with Crippen LogP contribution < -0.4 is 10.5 Å². The summed E-state index contributed by atoms with van der Waals surface area (Å²) in [7, 11) is 0. The number of carboxylic acid groups (broad SMARTS) is 1. The molecule has 0 heterocycles. The summed E-state index contributed by atoms with van der Waals surface area (Å²) in [5.41, 5.74) is 4.70. The summed E-state index contributed by atoms with van der Waals surface area (Å²) < 4.78 is 30.1. The first-order valence-corrected chi connectivity index (χ1v) is 3.60. The van der Waals surface area contributed by atoms with Crippen molar-refractivity contribution in [3.8, 4) is 5.75 Å². The lowest BCUT2D eigenvalue weighted by atomic mass is 10.3. The second-order valence-electron chi connectivity index (χ2n) is 2.49. The van der Waals surface area contributed by atoms with Gasteiger partial charge in [0.2, 0.25) is 0 Å². The summed E-state index contributed by atoms with van der Waals surface area (Å²) in [6.07, 6.45) is 0. The molecule has 0 fully saturated rings. The van der Waals surface area contributed by atoms with Crippen LogP contribution in [0.15, 0.2) is 12.1 Å². The number of carbonyl (C=O) groups is 1. The highest BCUT2D eigenvalue weighted by Gasteiger charge is 2.10. The van der Waals surface area contributed by atoms with E-state index in [0.717, 1.165) is 6.07 Å². The van der Waals surface area contributed by atoms with Gasteiger partial charge in [-0.05, 0) is 0 Å². The van der Waals surface area contributed by atoms with E-state index in [-0.39, 0.29) is 5.69 Å². The van der Waals surface area contributed by atoms with Gasteiger partial charge in [0.1, 0.15) is 5.82 Å². The predicted molar refractivity (Wildman–Crippen MR) is 43.9 cm³/mol. The number of rotatable bonds is 3. The number of aliphatic carboxylic acids is 1. The Balaban J connectivity index is 2.87. The zero-order valence-electron chi connectivity index (χ0n) is 6.96. The van der Waals surface area contributed by atoms with Crippen molar-refractivity contribution in [1.82, 2.24) is 0 Å². The van der Waals surface area contributed by atoms with Gasteiger partial charge >= 0.3 is 5.97 Å². The average Bonchev–Trinajstić information content (AvgIpc) is 2.09. The standard InChI is InChI=1S/C8H7F2NO3/c9-4-2-7(14-3-8(12)13)5(10)1-6(4)11/h1-2H,3,11H2,(H,12,13). The number of anilines is 1. The van der Waals surface area contributed by atoms with Crippen LogP contribution in [0, 0.1) is 11.6 Å². The third kappa shape index (κ3) is 2.32. The second-order valence-corrected chi connectivity index (χ2v) is 2.49. The van der Waals surface area contributed by atoms with Gasteiger partial charge in [-0.2, -0.15) is 0 Å². The van der Waals surface area contributed by atoms with Crippen molar-refractivity contribution < 1.29 is 23.4 Å². The maximum Gasteiger partial charge on any atom is 0.341 e. The lowest BCUT2D eigenvalue weighted by Gasteiger charge is -2.05. The molecule has 0 bridgehead atoms. The van der Waals surface area contributed by atoms with Crippen molar-refractivity contribution in [2.75, 3.05) is 12.3 Å². The molecule has 0 atom stereocenters. The molecule has 14 heavy (non-hydrogen) atoms. The molecule has 0 aromatic heterocycles. The van der Waals surface area contributed by atoms with Gasteiger partial charge in [-0.3, -0.25) is 0 Å². The van der Waals surface area contributed by atoms with Crippen LogP contribution in [0.4, 0.5) is 14.5 Å². The van der Waals surface area contributed by atoms with Crippen LogP contribution in [0.2, 0.25) is 0 Å². The molecule has 0 amide bonds. The minimum atomic E-state index is -1.28. The van der Waals surface area contributed by atoms with Crippen LogP contribution in [0.25, 0.3) is 0 Å². The average molecular weight is 203 g/mol. The Morgan fingerprint density at radius 1 is 1.43 bits per heavy atom. The van der Waals surface area contributed by atoms with E-state index in [4.69, 9.17) is 10.8 Å². The van der Waals surface area contributed by atoms with E-state index in [1.807, 2.05) is 0 Å². The Morgan fingerprint density at radius 3 is 2.64 bits per heavy atom. The molecule has 0 spiro atoms. The normalized spacial score (nSPS) is 9.86. The van der Waals surface area contributed by atoms with E-state index >= 15 is 0 Å². The van der Waals surface area contributed by atoms with Gasteiger partial charge in [0.05, 0.1) is 5.69 Å². The number of nitrogens with two attached hydrogens (primary N) is 1. The van der Waals surface area contributed by atoms with Crippen molar-refractivity contribution in [3.05, 3.63) is 23.8 Å². The summed E-state index contributed by atoms with van der Waals surface area (Å²) in [6, 6.07) is 1.43. The summed E-state index contributed by atoms with van der Waals surface area (Å²) >= 11 is 0. The number of hydrogen-bond acceptors (Lipinski definition) is 3. The molecule has 1 aromatic rings. The fraction of sp³-hybridized carbons (Fsp3) is 0.125. The number of hydrogen-bond donors (Lipinski definition) is 2. The first kappa shape index (κ1) is 10.2. The molecule has 3 N–H and O–H groups in total. The monoisotopic (exact) mass is 203 g/mol. The van der Waals surface area contributed by atoms with Crippen LogP contribution >= 0.6 is 0 Å². The summed E-state index contributed by atoms with van der Waals surface area (Å²) in [4.78, 5) is 10.1. The summed E-state index contributed by atoms with van der Waals surface area (Å²) in [5, 5.41) is 8.22. The number of ether oxygens (including phenoxy) is 1. The summed E-state index contributed by atoms with van der Waals surface area (Å²) in [6.45, 7) is -0.736. The van der Waals surface area contributed by atoms with Crippen molar-refractivity contribution in [3.63, 3.8) is 0 Å². The molecule has 0 saturated heterocycles. The zero-order valence-corrected chi connectivity index (χ0v) is 6.96. The molecule has 4 nitrogen and oxygen atoms in total. The van der Waals surface area contributed by atoms with E-state index in [1.54, 1.807) is 0 Å². The van der Waals surface area contributed by atoms with Crippen molar-refractivity contribution >= 4 is 11.7 Å². The Hall–Kier alpha value is -1.85. The third-order valence-corrected chi connectivity index (χ3v) is 1.40. The highest BCUT2D eigenvalue weighted by molar-refractivity contribution is 5.68. The van der Waals surface area contributed by atoms with Crippen LogP contribution in [0.1, 0.15) is 0 Å². The van der Waals surface area contributed by atoms with E-state index in [2.05, 4.69) is 4.74 Å². The molecular formula is C8H7F2NO3. The lowest BCUT2D eigenvalue weighted by molar-refractivity contribution is -0.139. The molecule has 76 valence electrons. The third-order valence-electron chi connectivity index (χ3n) is 1.40. The van der Waals surface area contributed by atoms with Crippen molar-refractivity contribution in [2.45, 2.75) is 0 Å². The van der Waals surface area contributed by atoms with Crippen LogP contribution in [-0.4, -0.2) is 17.7 Å². The summed E-state index contributed by atoms with van der Waals surface area (Å²) in [5.74, 6) is -3.50. The number of halogens is 2. The Labute approximate surface area is 77.9 Å². The highest BCUT2D eigenvalue weighted by Crippen LogP contribution is 2.22. The topological polar surface area (TPSA) is 72.5 Å². The van der Waals surface area contributed by atoms with Gasteiger partial charge in [0.15, 0.2) is 18.2 Å². The van der Waals surface area contributed by atoms with Crippen LogP contribution in [0.5, 0.6) is 5.75 Å². The molecule has 0 unspecified atom stereocenters. The van der Waals surface area contributed by atoms with Crippen molar-refractivity contribution in [2.24, 2.45) is 0 Å². The number of benzene rings is 1. The first-order valence-electron chi connectivity index (χ1n) is 3.60. The van der Waals surface area contributed by atoms with E-state index < -0.39 is 30.0 Å². The highest BCUT2D eigenvalue weighted by atomic mass is 19.1. The van der Waals surface area contributed by atoms with Gasteiger partial charge in [0.25, 0.3) is 0 Å². The number of carboxylic acids is 1. The Bertz CT molecular complexity index is 368. The zero-order chi connectivity index (χ0) is 10.7. The quantitative estimate of drug-likeness (QED) is 0.719. The fourth-order valence-corrected chi connectivity index (χ4v) is 0.794. The molecular weight excluding hydrogens is 196 g/mol. The smallest absolute Gasteiger partial charge is 0.341 e. The minimum Gasteiger partial charge on any atom is -0.479 e. The molecule has 1 aromatic carbocycles. The van der Waals surface area contributed by atoms with E-state index in [0.29, 0.717) is 6.07 Å². The maximum absolute atomic E-state index is 12.9. The van der Waals surface area contributed by atoms with Gasteiger partial charge in [-0.25, -0.2) is 13.6 Å². The maximum atomic E-state index is 12.9. The number of nitrogen functional groups attached to an aromatic ring is 1. The largest absolute Gasteiger partial charge is 0.479 e. The minimum absolute atomic E-state index is 0.356. The molecule has 0 saturated carbocycles. The molecule has 0 aliphatic heterocycles.